The fourth-order valence-electron chi connectivity index (χ4n) is 3.51. The van der Waals surface area contributed by atoms with Crippen molar-refractivity contribution in [3.05, 3.63) is 15.6 Å². The van der Waals surface area contributed by atoms with Gasteiger partial charge in [0.15, 0.2) is 0 Å². The zero-order chi connectivity index (χ0) is 14.9. The van der Waals surface area contributed by atoms with E-state index in [9.17, 15) is 0 Å². The summed E-state index contributed by atoms with van der Waals surface area (Å²) in [4.78, 5) is 9.06. The number of nitrogens with one attached hydrogen (secondary N) is 1. The quantitative estimate of drug-likeness (QED) is 0.926. The summed E-state index contributed by atoms with van der Waals surface area (Å²) in [6.07, 6.45) is 5.06. The van der Waals surface area contributed by atoms with E-state index < -0.39 is 0 Å². The first-order chi connectivity index (χ1) is 10.1. The van der Waals surface area contributed by atoms with Crippen LogP contribution in [-0.4, -0.2) is 36.1 Å². The lowest BCUT2D eigenvalue weighted by Gasteiger charge is -2.35. The minimum Gasteiger partial charge on any atom is -0.314 e. The molecular weight excluding hydrogens is 278 g/mol. The third-order valence-electron chi connectivity index (χ3n) is 5.57. The molecule has 0 radical (unpaired) electrons. The summed E-state index contributed by atoms with van der Waals surface area (Å²) in [6, 6.07) is 0. The van der Waals surface area contributed by atoms with Gasteiger partial charge in [-0.05, 0) is 30.6 Å². The highest BCUT2D eigenvalue weighted by atomic mass is 32.1. The lowest BCUT2D eigenvalue weighted by molar-refractivity contribution is 0.183. The van der Waals surface area contributed by atoms with Crippen LogP contribution in [0.15, 0.2) is 0 Å². The van der Waals surface area contributed by atoms with Crippen LogP contribution in [0.2, 0.25) is 0 Å². The molecule has 0 saturated carbocycles. The fraction of sp³-hybridized carbons (Fsp3) is 0.824. The summed E-state index contributed by atoms with van der Waals surface area (Å²) in [5.41, 5.74) is 1.88. The maximum Gasteiger partial charge on any atom is 0.107 e. The van der Waals surface area contributed by atoms with Crippen LogP contribution in [0, 0.1) is 11.3 Å². The van der Waals surface area contributed by atoms with Crippen LogP contribution in [0.1, 0.15) is 49.2 Å². The number of hydrogen-bond acceptors (Lipinski definition) is 4. The van der Waals surface area contributed by atoms with Crippen LogP contribution in [0.25, 0.3) is 0 Å². The molecule has 0 spiro atoms. The largest absolute Gasteiger partial charge is 0.314 e. The SMILES string of the molecule is CCC(C)(C)C1CCc2nc(CN3CCNCC3)sc2C1. The monoisotopic (exact) mass is 307 g/mol. The minimum atomic E-state index is 0.473. The second-order valence-corrected chi connectivity index (χ2v) is 8.45. The normalized spacial score (nSPS) is 24.0. The molecule has 1 aromatic heterocycles. The van der Waals surface area contributed by atoms with Crippen molar-refractivity contribution in [1.29, 1.82) is 0 Å². The van der Waals surface area contributed by atoms with Crippen molar-refractivity contribution in [2.24, 2.45) is 11.3 Å². The average Bonchev–Trinajstić information content (AvgIpc) is 2.89. The standard InChI is InChI=1S/C17H29N3S/c1-4-17(2,3)13-5-6-14-15(11-13)21-16(19-14)12-20-9-7-18-8-10-20/h13,18H,4-12H2,1-3H3. The summed E-state index contributed by atoms with van der Waals surface area (Å²) in [6.45, 7) is 12.8. The predicted molar refractivity (Wildman–Crippen MR) is 89.8 cm³/mol. The average molecular weight is 308 g/mol. The van der Waals surface area contributed by atoms with Gasteiger partial charge in [-0.2, -0.15) is 0 Å². The van der Waals surface area contributed by atoms with Gasteiger partial charge in [0.25, 0.3) is 0 Å². The van der Waals surface area contributed by atoms with Crippen molar-refractivity contribution >= 4 is 11.3 Å². The molecule has 1 fully saturated rings. The number of nitrogens with zero attached hydrogens (tertiary/aromatic N) is 2. The molecule has 3 nitrogen and oxygen atoms in total. The lowest BCUT2D eigenvalue weighted by atomic mass is 9.70. The Morgan fingerprint density at radius 1 is 1.33 bits per heavy atom. The molecule has 1 aliphatic heterocycles. The van der Waals surface area contributed by atoms with Gasteiger partial charge in [-0.15, -0.1) is 11.3 Å². The van der Waals surface area contributed by atoms with Gasteiger partial charge in [0.05, 0.1) is 12.2 Å². The van der Waals surface area contributed by atoms with Gasteiger partial charge in [0.1, 0.15) is 5.01 Å². The van der Waals surface area contributed by atoms with E-state index in [1.165, 1.54) is 36.4 Å². The van der Waals surface area contributed by atoms with Gasteiger partial charge in [0, 0.05) is 31.1 Å². The maximum atomic E-state index is 4.94. The molecule has 0 aromatic carbocycles. The fourth-order valence-corrected chi connectivity index (χ4v) is 4.75. The van der Waals surface area contributed by atoms with Crippen LogP contribution >= 0.6 is 11.3 Å². The van der Waals surface area contributed by atoms with Gasteiger partial charge in [0.2, 0.25) is 0 Å². The Morgan fingerprint density at radius 2 is 2.10 bits per heavy atom. The van der Waals surface area contributed by atoms with E-state index in [2.05, 4.69) is 31.0 Å². The summed E-state index contributed by atoms with van der Waals surface area (Å²) in [5, 5.41) is 4.76. The lowest BCUT2D eigenvalue weighted by Crippen LogP contribution is -2.42. The third-order valence-corrected chi connectivity index (χ3v) is 6.67. The van der Waals surface area contributed by atoms with Crippen molar-refractivity contribution in [2.45, 2.75) is 53.0 Å². The number of hydrogen-bond donors (Lipinski definition) is 1. The zero-order valence-electron chi connectivity index (χ0n) is 13.7. The highest BCUT2D eigenvalue weighted by Gasteiger charge is 2.32. The molecule has 1 aromatic rings. The van der Waals surface area contributed by atoms with Gasteiger partial charge in [-0.25, -0.2) is 4.98 Å². The minimum absolute atomic E-state index is 0.473. The van der Waals surface area contributed by atoms with Crippen molar-refractivity contribution in [1.82, 2.24) is 15.2 Å². The molecule has 118 valence electrons. The van der Waals surface area contributed by atoms with E-state index in [1.54, 1.807) is 4.88 Å². The smallest absolute Gasteiger partial charge is 0.107 e. The Morgan fingerprint density at radius 3 is 2.81 bits per heavy atom. The van der Waals surface area contributed by atoms with Crippen LogP contribution in [-0.2, 0) is 19.4 Å². The molecule has 1 N–H and O–H groups in total. The predicted octanol–water partition coefficient (Wildman–Crippen LogP) is 3.09. The Hall–Kier alpha value is -0.450. The second-order valence-electron chi connectivity index (χ2n) is 7.29. The van der Waals surface area contributed by atoms with Gasteiger partial charge in [-0.3, -0.25) is 4.90 Å². The number of fused-ring (bicyclic) bond motifs is 1. The van der Waals surface area contributed by atoms with Crippen LogP contribution in [0.3, 0.4) is 0 Å². The van der Waals surface area contributed by atoms with E-state index in [0.717, 1.165) is 38.6 Å². The summed E-state index contributed by atoms with van der Waals surface area (Å²) < 4.78 is 0. The van der Waals surface area contributed by atoms with Gasteiger partial charge < -0.3 is 5.32 Å². The highest BCUT2D eigenvalue weighted by Crippen LogP contribution is 2.41. The van der Waals surface area contributed by atoms with Crippen LogP contribution < -0.4 is 5.32 Å². The van der Waals surface area contributed by atoms with E-state index in [4.69, 9.17) is 4.98 Å². The molecule has 2 heterocycles. The molecule has 3 rings (SSSR count). The van der Waals surface area contributed by atoms with Gasteiger partial charge in [-0.1, -0.05) is 27.2 Å². The summed E-state index contributed by atoms with van der Waals surface area (Å²) in [5.74, 6) is 0.836. The summed E-state index contributed by atoms with van der Waals surface area (Å²) >= 11 is 1.99. The van der Waals surface area contributed by atoms with E-state index >= 15 is 0 Å². The Bertz CT molecular complexity index is 474. The molecule has 1 atom stereocenters. The Balaban J connectivity index is 1.66. The zero-order valence-corrected chi connectivity index (χ0v) is 14.6. The molecule has 2 aliphatic rings. The van der Waals surface area contributed by atoms with Crippen LogP contribution in [0.4, 0.5) is 0 Å². The number of aromatic nitrogens is 1. The Kier molecular flexibility index (Phi) is 4.67. The van der Waals surface area contributed by atoms with Crippen LogP contribution in [0.5, 0.6) is 0 Å². The van der Waals surface area contributed by atoms with Crippen molar-refractivity contribution in [3.8, 4) is 0 Å². The first kappa shape index (κ1) is 15.4. The molecular formula is C17H29N3S. The van der Waals surface area contributed by atoms with Crippen molar-refractivity contribution in [3.63, 3.8) is 0 Å². The highest BCUT2D eigenvalue weighted by molar-refractivity contribution is 7.11. The Labute approximate surface area is 133 Å². The molecule has 1 saturated heterocycles. The first-order valence-corrected chi connectivity index (χ1v) is 9.30. The second kappa shape index (κ2) is 6.35. The maximum absolute atomic E-state index is 4.94. The number of aryl methyl sites for hydroxylation is 1. The van der Waals surface area contributed by atoms with E-state index in [-0.39, 0.29) is 0 Å². The molecule has 0 bridgehead atoms. The topological polar surface area (TPSA) is 28.2 Å². The number of rotatable bonds is 4. The summed E-state index contributed by atoms with van der Waals surface area (Å²) in [7, 11) is 0. The molecule has 4 heteroatoms. The van der Waals surface area contributed by atoms with Gasteiger partial charge >= 0.3 is 0 Å². The first-order valence-electron chi connectivity index (χ1n) is 8.49. The third kappa shape index (κ3) is 3.49. The number of thiazole rings is 1. The molecule has 0 amide bonds. The van der Waals surface area contributed by atoms with Crippen molar-refractivity contribution in [2.75, 3.05) is 26.2 Å². The molecule has 1 unspecified atom stereocenters. The number of piperazine rings is 1. The van der Waals surface area contributed by atoms with E-state index in [1.807, 2.05) is 11.3 Å². The van der Waals surface area contributed by atoms with Crippen molar-refractivity contribution < 1.29 is 0 Å². The molecule has 1 aliphatic carbocycles. The van der Waals surface area contributed by atoms with E-state index in [0.29, 0.717) is 5.41 Å². The molecule has 21 heavy (non-hydrogen) atoms.